The van der Waals surface area contributed by atoms with Crippen molar-refractivity contribution in [1.82, 2.24) is 4.90 Å². The fraction of sp³-hybridized carbons (Fsp3) is 0.316. The second kappa shape index (κ2) is 7.58. The predicted octanol–water partition coefficient (Wildman–Crippen LogP) is 1.61. The molecule has 1 aliphatic heterocycles. The Balaban J connectivity index is 1.76. The van der Waals surface area contributed by atoms with Crippen molar-refractivity contribution in [2.75, 3.05) is 38.2 Å². The third-order valence-electron chi connectivity index (χ3n) is 4.76. The molecule has 0 bridgehead atoms. The number of hydrogen-bond acceptors (Lipinski definition) is 5. The van der Waals surface area contributed by atoms with Gasteiger partial charge in [-0.3, -0.25) is 4.79 Å². The quantitative estimate of drug-likeness (QED) is 0.858. The average Bonchev–Trinajstić information content (AvgIpc) is 2.67. The van der Waals surface area contributed by atoms with Crippen molar-refractivity contribution in [1.29, 1.82) is 0 Å². The first kappa shape index (κ1) is 19.2. The zero-order chi connectivity index (χ0) is 19.6. The van der Waals surface area contributed by atoms with Crippen LogP contribution in [0.4, 0.5) is 5.69 Å². The maximum absolute atomic E-state index is 12.9. The highest BCUT2D eigenvalue weighted by Crippen LogP contribution is 2.28. The standard InChI is InChI=1S/C19H23N3O4S/c1-14-7-8-15(27(20,24)25)13-16(14)19(23)22-11-9-21(10-12-22)17-5-3-4-6-18(17)26-2/h3-8,13H,9-12H2,1-2H3,(H2,20,24,25). The van der Waals surface area contributed by atoms with Crippen LogP contribution in [0.1, 0.15) is 15.9 Å². The monoisotopic (exact) mass is 389 g/mol. The molecule has 1 aliphatic rings. The predicted molar refractivity (Wildman–Crippen MR) is 104 cm³/mol. The average molecular weight is 389 g/mol. The number of sulfonamides is 1. The Labute approximate surface area is 159 Å². The van der Waals surface area contributed by atoms with Gasteiger partial charge in [-0.25, -0.2) is 13.6 Å². The van der Waals surface area contributed by atoms with Crippen LogP contribution in [0.25, 0.3) is 0 Å². The number of benzene rings is 2. The number of rotatable bonds is 4. The lowest BCUT2D eigenvalue weighted by molar-refractivity contribution is 0.0745. The summed E-state index contributed by atoms with van der Waals surface area (Å²) in [6.45, 7) is 4.19. The molecule has 144 valence electrons. The smallest absolute Gasteiger partial charge is 0.254 e. The van der Waals surface area contributed by atoms with Gasteiger partial charge in [0.25, 0.3) is 5.91 Å². The molecule has 27 heavy (non-hydrogen) atoms. The van der Waals surface area contributed by atoms with E-state index in [0.717, 1.165) is 17.0 Å². The molecule has 7 nitrogen and oxygen atoms in total. The van der Waals surface area contributed by atoms with E-state index in [9.17, 15) is 13.2 Å². The molecule has 0 unspecified atom stereocenters. The number of carbonyl (C=O) groups is 1. The Morgan fingerprint density at radius 3 is 2.37 bits per heavy atom. The van der Waals surface area contributed by atoms with Gasteiger partial charge in [0.1, 0.15) is 5.75 Å². The van der Waals surface area contributed by atoms with Crippen LogP contribution in [-0.2, 0) is 10.0 Å². The molecule has 0 aromatic heterocycles. The minimum absolute atomic E-state index is 0.0518. The van der Waals surface area contributed by atoms with E-state index in [2.05, 4.69) is 4.90 Å². The van der Waals surface area contributed by atoms with Crippen molar-refractivity contribution >= 4 is 21.6 Å². The third kappa shape index (κ3) is 4.06. The van der Waals surface area contributed by atoms with Gasteiger partial charge in [0, 0.05) is 31.7 Å². The molecule has 0 atom stereocenters. The molecular formula is C19H23N3O4S. The molecule has 0 spiro atoms. The Hall–Kier alpha value is -2.58. The molecule has 0 aliphatic carbocycles. The van der Waals surface area contributed by atoms with Crippen LogP contribution in [0, 0.1) is 6.92 Å². The minimum Gasteiger partial charge on any atom is -0.495 e. The first-order valence-corrected chi connectivity index (χ1v) is 10.2. The number of nitrogens with two attached hydrogens (primary N) is 1. The summed E-state index contributed by atoms with van der Waals surface area (Å²) in [4.78, 5) is 16.8. The summed E-state index contributed by atoms with van der Waals surface area (Å²) in [6.07, 6.45) is 0. The zero-order valence-corrected chi connectivity index (χ0v) is 16.2. The molecule has 1 fully saturated rings. The summed E-state index contributed by atoms with van der Waals surface area (Å²) in [5.74, 6) is 0.617. The molecule has 2 N–H and O–H groups in total. The number of hydrogen-bond donors (Lipinski definition) is 1. The van der Waals surface area contributed by atoms with Crippen molar-refractivity contribution in [2.24, 2.45) is 5.14 Å². The molecule has 3 rings (SSSR count). The zero-order valence-electron chi connectivity index (χ0n) is 15.4. The molecule has 0 saturated carbocycles. The molecular weight excluding hydrogens is 366 g/mol. The van der Waals surface area contributed by atoms with E-state index in [4.69, 9.17) is 9.88 Å². The van der Waals surface area contributed by atoms with Gasteiger partial charge in [0.05, 0.1) is 17.7 Å². The molecule has 1 heterocycles. The lowest BCUT2D eigenvalue weighted by Crippen LogP contribution is -2.49. The van der Waals surface area contributed by atoms with Gasteiger partial charge < -0.3 is 14.5 Å². The van der Waals surface area contributed by atoms with E-state index in [1.165, 1.54) is 12.1 Å². The molecule has 2 aromatic carbocycles. The van der Waals surface area contributed by atoms with Gasteiger partial charge in [0.2, 0.25) is 10.0 Å². The summed E-state index contributed by atoms with van der Waals surface area (Å²) in [5, 5.41) is 5.19. The number of carbonyl (C=O) groups excluding carboxylic acids is 1. The number of methoxy groups -OCH3 is 1. The van der Waals surface area contributed by atoms with Crippen molar-refractivity contribution in [3.63, 3.8) is 0 Å². The molecule has 2 aromatic rings. The highest BCUT2D eigenvalue weighted by Gasteiger charge is 2.25. The maximum Gasteiger partial charge on any atom is 0.254 e. The SMILES string of the molecule is COc1ccccc1N1CCN(C(=O)c2cc(S(N)(=O)=O)ccc2C)CC1. The van der Waals surface area contributed by atoms with Gasteiger partial charge in [-0.1, -0.05) is 18.2 Å². The number of primary sulfonamides is 1. The molecule has 8 heteroatoms. The number of para-hydroxylation sites is 2. The van der Waals surface area contributed by atoms with Gasteiger partial charge in [0.15, 0.2) is 0 Å². The first-order chi connectivity index (χ1) is 12.8. The van der Waals surface area contributed by atoms with Gasteiger partial charge in [-0.05, 0) is 36.8 Å². The Bertz CT molecular complexity index is 951. The fourth-order valence-corrected chi connectivity index (χ4v) is 3.76. The van der Waals surface area contributed by atoms with Crippen molar-refractivity contribution in [3.05, 3.63) is 53.6 Å². The van der Waals surface area contributed by atoms with E-state index in [-0.39, 0.29) is 10.8 Å². The van der Waals surface area contributed by atoms with Crippen molar-refractivity contribution in [3.8, 4) is 5.75 Å². The summed E-state index contributed by atoms with van der Waals surface area (Å²) in [7, 11) is -2.21. The van der Waals surface area contributed by atoms with Crippen LogP contribution in [0.15, 0.2) is 47.4 Å². The summed E-state index contributed by atoms with van der Waals surface area (Å²) < 4.78 is 28.6. The normalized spacial score (nSPS) is 14.9. The Kier molecular flexibility index (Phi) is 5.38. The Morgan fingerprint density at radius 1 is 1.07 bits per heavy atom. The lowest BCUT2D eigenvalue weighted by Gasteiger charge is -2.36. The number of ether oxygens (including phenoxy) is 1. The molecule has 0 radical (unpaired) electrons. The maximum atomic E-state index is 12.9. The number of piperazine rings is 1. The van der Waals surface area contributed by atoms with Crippen LogP contribution in [-0.4, -0.2) is 52.5 Å². The largest absolute Gasteiger partial charge is 0.495 e. The minimum atomic E-state index is -3.85. The number of aryl methyl sites for hydroxylation is 1. The van der Waals surface area contributed by atoms with Crippen LogP contribution in [0.3, 0.4) is 0 Å². The third-order valence-corrected chi connectivity index (χ3v) is 5.67. The van der Waals surface area contributed by atoms with Crippen LogP contribution in [0.5, 0.6) is 5.75 Å². The van der Waals surface area contributed by atoms with E-state index >= 15 is 0 Å². The number of amides is 1. The number of nitrogens with zero attached hydrogens (tertiary/aromatic N) is 2. The number of anilines is 1. The van der Waals surface area contributed by atoms with E-state index in [1.54, 1.807) is 25.0 Å². The highest BCUT2D eigenvalue weighted by atomic mass is 32.2. The highest BCUT2D eigenvalue weighted by molar-refractivity contribution is 7.89. The summed E-state index contributed by atoms with van der Waals surface area (Å²) in [6, 6.07) is 12.2. The van der Waals surface area contributed by atoms with E-state index < -0.39 is 10.0 Å². The lowest BCUT2D eigenvalue weighted by atomic mass is 10.1. The molecule has 1 saturated heterocycles. The fourth-order valence-electron chi connectivity index (χ4n) is 3.22. The van der Waals surface area contributed by atoms with Crippen LogP contribution >= 0.6 is 0 Å². The second-order valence-corrected chi connectivity index (χ2v) is 8.03. The van der Waals surface area contributed by atoms with E-state index in [0.29, 0.717) is 31.7 Å². The van der Waals surface area contributed by atoms with E-state index in [1.807, 2.05) is 24.3 Å². The molecule has 1 amide bonds. The van der Waals surface area contributed by atoms with Crippen molar-refractivity contribution < 1.29 is 17.9 Å². The topological polar surface area (TPSA) is 92.9 Å². The van der Waals surface area contributed by atoms with Crippen LogP contribution < -0.4 is 14.8 Å². The van der Waals surface area contributed by atoms with Gasteiger partial charge in [-0.15, -0.1) is 0 Å². The van der Waals surface area contributed by atoms with Crippen molar-refractivity contribution in [2.45, 2.75) is 11.8 Å². The summed E-state index contributed by atoms with van der Waals surface area (Å²) >= 11 is 0. The Morgan fingerprint density at radius 2 is 1.74 bits per heavy atom. The van der Waals surface area contributed by atoms with Gasteiger partial charge >= 0.3 is 0 Å². The van der Waals surface area contributed by atoms with Crippen LogP contribution in [0.2, 0.25) is 0 Å². The van der Waals surface area contributed by atoms with Gasteiger partial charge in [-0.2, -0.15) is 0 Å². The first-order valence-electron chi connectivity index (χ1n) is 8.62. The summed E-state index contributed by atoms with van der Waals surface area (Å²) in [5.41, 5.74) is 2.09. The second-order valence-electron chi connectivity index (χ2n) is 6.47.